The number of hydrogen-bond acceptors (Lipinski definition) is 8. The van der Waals surface area contributed by atoms with Gasteiger partial charge in [0.2, 0.25) is 0 Å². The molecule has 6 nitrogen and oxygen atoms in total. The zero-order valence-electron chi connectivity index (χ0n) is 30.4. The quantitative estimate of drug-likeness (QED) is 0.0377. The molecule has 0 aliphatic rings. The lowest BCUT2D eigenvalue weighted by molar-refractivity contribution is -0.145. The second-order valence-electron chi connectivity index (χ2n) is 13.3. The third kappa shape index (κ3) is 33.5. The number of esters is 2. The van der Waals surface area contributed by atoms with E-state index in [0.29, 0.717) is 24.7 Å². The molecule has 0 saturated carbocycles. The Bertz CT molecular complexity index is 602. The maximum Gasteiger partial charge on any atom is 0.323 e. The van der Waals surface area contributed by atoms with E-state index >= 15 is 0 Å². The van der Waals surface area contributed by atoms with Gasteiger partial charge in [0.15, 0.2) is 0 Å². The van der Waals surface area contributed by atoms with Gasteiger partial charge in [0.25, 0.3) is 0 Å². The number of unbranched alkanes of at least 4 members (excludes halogenated alkanes) is 26. The molecule has 0 aliphatic carbocycles. The van der Waals surface area contributed by atoms with Crippen molar-refractivity contribution in [2.75, 3.05) is 24.7 Å². The summed E-state index contributed by atoms with van der Waals surface area (Å²) in [5, 5.41) is 0. The van der Waals surface area contributed by atoms with Crippen molar-refractivity contribution < 1.29 is 19.1 Å². The normalized spacial score (nSPS) is 12.7. The SMILES string of the molecule is CCCCCCCCCCCCCCCCOC(=O)[C@@H](N)CSSC[C@H](N)C(=O)OCCCCCCCCCCCCCCCC. The van der Waals surface area contributed by atoms with Crippen LogP contribution in [0.25, 0.3) is 0 Å². The smallest absolute Gasteiger partial charge is 0.323 e. The zero-order chi connectivity index (χ0) is 33.8. The summed E-state index contributed by atoms with van der Waals surface area (Å²) in [6.07, 6.45) is 36.4. The number of carbonyl (C=O) groups is 2. The van der Waals surface area contributed by atoms with Gasteiger partial charge >= 0.3 is 11.9 Å². The van der Waals surface area contributed by atoms with Crippen LogP contribution in [0.1, 0.15) is 194 Å². The number of nitrogens with two attached hydrogens (primary N) is 2. The van der Waals surface area contributed by atoms with Crippen molar-refractivity contribution in [2.45, 2.75) is 206 Å². The third-order valence-corrected chi connectivity index (χ3v) is 11.1. The molecule has 0 unspecified atom stereocenters. The van der Waals surface area contributed by atoms with Crippen molar-refractivity contribution in [3.05, 3.63) is 0 Å². The van der Waals surface area contributed by atoms with Crippen molar-refractivity contribution in [3.8, 4) is 0 Å². The van der Waals surface area contributed by atoms with E-state index in [0.717, 1.165) is 25.7 Å². The molecule has 4 N–H and O–H groups in total. The highest BCUT2D eigenvalue weighted by atomic mass is 33.1. The molecule has 0 saturated heterocycles. The fourth-order valence-corrected chi connectivity index (χ4v) is 7.75. The minimum atomic E-state index is -0.660. The summed E-state index contributed by atoms with van der Waals surface area (Å²) in [5.41, 5.74) is 12.0. The number of rotatable bonds is 37. The molecule has 0 rings (SSSR count). The summed E-state index contributed by atoms with van der Waals surface area (Å²) >= 11 is 0. The monoisotopic (exact) mass is 689 g/mol. The van der Waals surface area contributed by atoms with Gasteiger partial charge in [0, 0.05) is 11.5 Å². The van der Waals surface area contributed by atoms with Gasteiger partial charge in [-0.3, -0.25) is 9.59 Å². The van der Waals surface area contributed by atoms with Crippen LogP contribution in [0, 0.1) is 0 Å². The largest absolute Gasteiger partial charge is 0.465 e. The van der Waals surface area contributed by atoms with Crippen molar-refractivity contribution in [1.82, 2.24) is 0 Å². The molecule has 0 bridgehead atoms. The Hall–Kier alpha value is -0.440. The van der Waals surface area contributed by atoms with Crippen LogP contribution in [0.2, 0.25) is 0 Å². The first-order chi connectivity index (χ1) is 22.5. The van der Waals surface area contributed by atoms with Crippen molar-refractivity contribution >= 4 is 33.5 Å². The van der Waals surface area contributed by atoms with E-state index in [4.69, 9.17) is 20.9 Å². The first kappa shape index (κ1) is 45.6. The molecular formula is C38H76N2O4S2. The topological polar surface area (TPSA) is 105 Å². The van der Waals surface area contributed by atoms with Gasteiger partial charge in [0.1, 0.15) is 12.1 Å². The predicted octanol–water partition coefficient (Wildman–Crippen LogP) is 11.1. The van der Waals surface area contributed by atoms with E-state index in [9.17, 15) is 9.59 Å². The molecule has 0 radical (unpaired) electrons. The van der Waals surface area contributed by atoms with Gasteiger partial charge in [-0.25, -0.2) is 0 Å². The van der Waals surface area contributed by atoms with E-state index < -0.39 is 12.1 Å². The first-order valence-electron chi connectivity index (χ1n) is 19.6. The zero-order valence-corrected chi connectivity index (χ0v) is 32.0. The molecule has 0 spiro atoms. The number of carbonyl (C=O) groups excluding carboxylic acids is 2. The van der Waals surface area contributed by atoms with Crippen LogP contribution < -0.4 is 11.5 Å². The van der Waals surface area contributed by atoms with Crippen LogP contribution in [-0.4, -0.2) is 48.7 Å². The molecule has 2 atom stereocenters. The Kier molecular flexibility index (Phi) is 37.0. The lowest BCUT2D eigenvalue weighted by Crippen LogP contribution is -2.35. The number of ether oxygens (including phenoxy) is 2. The average Bonchev–Trinajstić information content (AvgIpc) is 3.06. The van der Waals surface area contributed by atoms with Gasteiger partial charge in [-0.05, 0) is 12.8 Å². The molecule has 0 amide bonds. The Balaban J connectivity index is 3.48. The fourth-order valence-electron chi connectivity index (χ4n) is 5.53. The second-order valence-corrected chi connectivity index (χ2v) is 15.9. The third-order valence-electron chi connectivity index (χ3n) is 8.67. The molecule has 0 aromatic heterocycles. The summed E-state index contributed by atoms with van der Waals surface area (Å²) in [6, 6.07) is -1.32. The predicted molar refractivity (Wildman–Crippen MR) is 203 cm³/mol. The van der Waals surface area contributed by atoms with E-state index in [-0.39, 0.29) is 11.9 Å². The maximum absolute atomic E-state index is 12.2. The summed E-state index contributed by atoms with van der Waals surface area (Å²) in [6.45, 7) is 5.42. The fraction of sp³-hybridized carbons (Fsp3) is 0.947. The van der Waals surface area contributed by atoms with Gasteiger partial charge < -0.3 is 20.9 Å². The Morgan fingerprint density at radius 1 is 0.413 bits per heavy atom. The molecule has 0 aliphatic heterocycles. The highest BCUT2D eigenvalue weighted by molar-refractivity contribution is 8.76. The van der Waals surface area contributed by atoms with Crippen LogP contribution in [0.15, 0.2) is 0 Å². The lowest BCUT2D eigenvalue weighted by atomic mass is 10.0. The molecule has 274 valence electrons. The summed E-state index contributed by atoms with van der Waals surface area (Å²) in [4.78, 5) is 24.3. The minimum Gasteiger partial charge on any atom is -0.465 e. The van der Waals surface area contributed by atoms with Gasteiger partial charge in [0.05, 0.1) is 13.2 Å². The maximum atomic E-state index is 12.2. The molecule has 0 aromatic carbocycles. The Labute approximate surface area is 293 Å². The molecule has 0 aromatic rings. The van der Waals surface area contributed by atoms with Crippen molar-refractivity contribution in [2.24, 2.45) is 11.5 Å². The lowest BCUT2D eigenvalue weighted by Gasteiger charge is -2.13. The van der Waals surface area contributed by atoms with Gasteiger partial charge in [-0.1, -0.05) is 202 Å². The summed E-state index contributed by atoms with van der Waals surface area (Å²) in [5.74, 6) is 0.172. The van der Waals surface area contributed by atoms with E-state index in [1.54, 1.807) is 0 Å². The van der Waals surface area contributed by atoms with Crippen LogP contribution >= 0.6 is 21.6 Å². The minimum absolute atomic E-state index is 0.348. The van der Waals surface area contributed by atoms with Gasteiger partial charge in [-0.15, -0.1) is 0 Å². The van der Waals surface area contributed by atoms with Crippen LogP contribution in [0.3, 0.4) is 0 Å². The number of hydrogen-bond donors (Lipinski definition) is 2. The van der Waals surface area contributed by atoms with Crippen molar-refractivity contribution in [3.63, 3.8) is 0 Å². The highest BCUT2D eigenvalue weighted by Gasteiger charge is 2.18. The van der Waals surface area contributed by atoms with Crippen LogP contribution in [-0.2, 0) is 19.1 Å². The van der Waals surface area contributed by atoms with Gasteiger partial charge in [-0.2, -0.15) is 0 Å². The van der Waals surface area contributed by atoms with Crippen molar-refractivity contribution in [1.29, 1.82) is 0 Å². The first-order valence-corrected chi connectivity index (χ1v) is 22.1. The summed E-state index contributed by atoms with van der Waals surface area (Å²) < 4.78 is 10.7. The van der Waals surface area contributed by atoms with E-state index in [1.165, 1.54) is 176 Å². The Morgan fingerprint density at radius 2 is 0.630 bits per heavy atom. The standard InChI is InChI=1S/C38H76N2O4S2/c1-3-5-7-9-11-13-15-17-19-21-23-25-27-29-31-43-37(41)35(39)33-45-46-34-36(40)38(42)44-32-30-28-26-24-22-20-18-16-14-12-10-8-6-4-2/h35-36H,3-34,39-40H2,1-2H3/t35-,36-/m0/s1. The molecule has 0 heterocycles. The van der Waals surface area contributed by atoms with Crippen LogP contribution in [0.5, 0.6) is 0 Å². The average molecular weight is 689 g/mol. The van der Waals surface area contributed by atoms with E-state index in [1.807, 2.05) is 0 Å². The molecule has 46 heavy (non-hydrogen) atoms. The molecule has 0 fully saturated rings. The Morgan fingerprint density at radius 3 is 0.870 bits per heavy atom. The van der Waals surface area contributed by atoms with Crippen LogP contribution in [0.4, 0.5) is 0 Å². The molecular weight excluding hydrogens is 613 g/mol. The molecule has 8 heteroatoms. The van der Waals surface area contributed by atoms with E-state index in [2.05, 4.69) is 13.8 Å². The highest BCUT2D eigenvalue weighted by Crippen LogP contribution is 2.23. The second kappa shape index (κ2) is 37.4. The summed E-state index contributed by atoms with van der Waals surface area (Å²) in [7, 11) is 2.90.